The van der Waals surface area contributed by atoms with Gasteiger partial charge in [0.25, 0.3) is 5.91 Å². The molecule has 0 spiro atoms. The standard InChI is InChI=1S/C33H33N9O/c1-3-4-10-31-34-20-30(33(43)35-18-24-19-36-41(2)21-24)42(31)22-23-11-13-26(14-12-23)29-17-27(25-8-6-5-7-9-25)15-16-28(29)32-37-39-40-38-32/h5-9,11-17,19-21H,3-4,10,18,22H2,1-2H3,(H,35,43)(H,37,38,39,40). The van der Waals surface area contributed by atoms with Crippen LogP contribution in [0.5, 0.6) is 0 Å². The summed E-state index contributed by atoms with van der Waals surface area (Å²) in [5, 5.41) is 22.0. The smallest absolute Gasteiger partial charge is 0.269 e. The normalized spacial score (nSPS) is 11.1. The van der Waals surface area contributed by atoms with Gasteiger partial charge in [0.15, 0.2) is 0 Å². The van der Waals surface area contributed by atoms with Gasteiger partial charge >= 0.3 is 0 Å². The first-order chi connectivity index (χ1) is 21.1. The number of nitrogens with zero attached hydrogens (tertiary/aromatic N) is 7. The number of unbranched alkanes of at least 4 members (excludes halogenated alkanes) is 1. The van der Waals surface area contributed by atoms with Gasteiger partial charge in [-0.3, -0.25) is 9.48 Å². The maximum atomic E-state index is 13.2. The molecule has 0 unspecified atom stereocenters. The zero-order valence-electron chi connectivity index (χ0n) is 24.2. The van der Waals surface area contributed by atoms with Gasteiger partial charge in [0.2, 0.25) is 5.82 Å². The Kier molecular flexibility index (Phi) is 8.17. The van der Waals surface area contributed by atoms with Crippen LogP contribution in [-0.2, 0) is 26.6 Å². The number of imidazole rings is 1. The van der Waals surface area contributed by atoms with Crippen molar-refractivity contribution in [3.05, 3.63) is 114 Å². The lowest BCUT2D eigenvalue weighted by molar-refractivity contribution is 0.0941. The summed E-state index contributed by atoms with van der Waals surface area (Å²) in [6, 6.07) is 25.0. The molecule has 10 heteroatoms. The summed E-state index contributed by atoms with van der Waals surface area (Å²) in [6.07, 6.45) is 8.20. The van der Waals surface area contributed by atoms with Crippen LogP contribution < -0.4 is 5.32 Å². The molecule has 2 N–H and O–H groups in total. The molecule has 10 nitrogen and oxygen atoms in total. The summed E-state index contributed by atoms with van der Waals surface area (Å²) in [5.41, 5.74) is 7.74. The minimum Gasteiger partial charge on any atom is -0.347 e. The Bertz CT molecular complexity index is 1800. The van der Waals surface area contributed by atoms with Crippen molar-refractivity contribution in [2.45, 2.75) is 39.3 Å². The summed E-state index contributed by atoms with van der Waals surface area (Å²) in [6.45, 7) is 3.10. The summed E-state index contributed by atoms with van der Waals surface area (Å²) in [5.74, 6) is 1.30. The number of tetrazole rings is 1. The Morgan fingerprint density at radius 2 is 1.72 bits per heavy atom. The van der Waals surface area contributed by atoms with Crippen LogP contribution in [0.3, 0.4) is 0 Å². The number of amides is 1. The van der Waals surface area contributed by atoms with Crippen LogP contribution in [0.25, 0.3) is 33.6 Å². The van der Waals surface area contributed by atoms with E-state index in [9.17, 15) is 4.79 Å². The highest BCUT2D eigenvalue weighted by atomic mass is 16.2. The number of hydrogen-bond acceptors (Lipinski definition) is 6. The monoisotopic (exact) mass is 571 g/mol. The van der Waals surface area contributed by atoms with E-state index in [1.54, 1.807) is 17.1 Å². The zero-order chi connectivity index (χ0) is 29.6. The summed E-state index contributed by atoms with van der Waals surface area (Å²) in [7, 11) is 1.86. The van der Waals surface area contributed by atoms with E-state index in [1.807, 2.05) is 42.1 Å². The third-order valence-electron chi connectivity index (χ3n) is 7.45. The van der Waals surface area contributed by atoms with Gasteiger partial charge in [0, 0.05) is 43.9 Å². The Balaban J connectivity index is 1.28. The molecule has 0 fully saturated rings. The first-order valence-corrected chi connectivity index (χ1v) is 14.4. The number of H-pyrrole nitrogens is 1. The summed E-state index contributed by atoms with van der Waals surface area (Å²) < 4.78 is 3.76. The van der Waals surface area contributed by atoms with Gasteiger partial charge in [0.05, 0.1) is 12.4 Å². The number of benzene rings is 3. The topological polar surface area (TPSA) is 119 Å². The number of aromatic nitrogens is 8. The minimum atomic E-state index is -0.154. The molecule has 216 valence electrons. The van der Waals surface area contributed by atoms with Crippen LogP contribution in [0.2, 0.25) is 0 Å². The molecule has 6 rings (SSSR count). The maximum Gasteiger partial charge on any atom is 0.269 e. The van der Waals surface area contributed by atoms with E-state index in [-0.39, 0.29) is 5.91 Å². The van der Waals surface area contributed by atoms with Crippen molar-refractivity contribution in [3.63, 3.8) is 0 Å². The number of nitrogens with one attached hydrogen (secondary N) is 2. The molecule has 3 aromatic heterocycles. The van der Waals surface area contributed by atoms with E-state index in [2.05, 4.69) is 91.5 Å². The fourth-order valence-corrected chi connectivity index (χ4v) is 5.18. The Morgan fingerprint density at radius 3 is 2.44 bits per heavy atom. The quantitative estimate of drug-likeness (QED) is 0.213. The Morgan fingerprint density at radius 1 is 0.907 bits per heavy atom. The van der Waals surface area contributed by atoms with Crippen molar-refractivity contribution in [2.75, 3.05) is 0 Å². The minimum absolute atomic E-state index is 0.154. The van der Waals surface area contributed by atoms with Gasteiger partial charge in [-0.2, -0.15) is 10.3 Å². The highest BCUT2D eigenvalue weighted by Crippen LogP contribution is 2.34. The number of carbonyl (C=O) groups is 1. The molecule has 43 heavy (non-hydrogen) atoms. The lowest BCUT2D eigenvalue weighted by atomic mass is 9.93. The van der Waals surface area contributed by atoms with Gasteiger partial charge < -0.3 is 9.88 Å². The molecule has 3 heterocycles. The second-order valence-corrected chi connectivity index (χ2v) is 10.5. The molecule has 3 aromatic carbocycles. The van der Waals surface area contributed by atoms with Crippen LogP contribution in [0.1, 0.15) is 47.2 Å². The Hall–Kier alpha value is -5.38. The first-order valence-electron chi connectivity index (χ1n) is 14.4. The molecule has 0 saturated carbocycles. The average molecular weight is 572 g/mol. The van der Waals surface area contributed by atoms with E-state index in [1.165, 1.54) is 0 Å². The van der Waals surface area contributed by atoms with Gasteiger partial charge in [0.1, 0.15) is 11.5 Å². The number of aromatic amines is 1. The average Bonchev–Trinajstić information content (AvgIpc) is 3.82. The SMILES string of the molecule is CCCCc1ncc(C(=O)NCc2cnn(C)c2)n1Cc1ccc(-c2cc(-c3ccccc3)ccc2-c2nn[nH]n2)cc1. The van der Waals surface area contributed by atoms with E-state index in [0.29, 0.717) is 24.6 Å². The van der Waals surface area contributed by atoms with E-state index < -0.39 is 0 Å². The molecule has 0 aliphatic heterocycles. The molecule has 0 atom stereocenters. The van der Waals surface area contributed by atoms with Crippen molar-refractivity contribution < 1.29 is 4.79 Å². The molecule has 0 radical (unpaired) electrons. The predicted octanol–water partition coefficient (Wildman–Crippen LogP) is 5.45. The molecular formula is C33H33N9O. The molecular weight excluding hydrogens is 538 g/mol. The second-order valence-electron chi connectivity index (χ2n) is 10.5. The molecule has 6 aromatic rings. The number of rotatable bonds is 11. The lowest BCUT2D eigenvalue weighted by Crippen LogP contribution is -2.26. The van der Waals surface area contributed by atoms with Crippen molar-refractivity contribution in [1.29, 1.82) is 0 Å². The van der Waals surface area contributed by atoms with Gasteiger partial charge in [-0.15, -0.1) is 10.2 Å². The van der Waals surface area contributed by atoms with E-state index >= 15 is 0 Å². The predicted molar refractivity (Wildman–Crippen MR) is 165 cm³/mol. The molecule has 0 saturated heterocycles. The highest BCUT2D eigenvalue weighted by Gasteiger charge is 2.18. The summed E-state index contributed by atoms with van der Waals surface area (Å²) >= 11 is 0. The van der Waals surface area contributed by atoms with Crippen LogP contribution >= 0.6 is 0 Å². The third kappa shape index (κ3) is 6.28. The number of aryl methyl sites for hydroxylation is 2. The largest absolute Gasteiger partial charge is 0.347 e. The number of hydrogen-bond donors (Lipinski definition) is 2. The summed E-state index contributed by atoms with van der Waals surface area (Å²) in [4.78, 5) is 17.9. The van der Waals surface area contributed by atoms with E-state index in [4.69, 9.17) is 0 Å². The van der Waals surface area contributed by atoms with Crippen LogP contribution in [0, 0.1) is 0 Å². The molecule has 1 amide bonds. The van der Waals surface area contributed by atoms with Crippen LogP contribution in [-0.4, -0.2) is 45.9 Å². The highest BCUT2D eigenvalue weighted by molar-refractivity contribution is 5.92. The van der Waals surface area contributed by atoms with Gasteiger partial charge in [-0.1, -0.05) is 74.0 Å². The third-order valence-corrected chi connectivity index (χ3v) is 7.45. The van der Waals surface area contributed by atoms with Crippen molar-refractivity contribution >= 4 is 5.91 Å². The zero-order valence-corrected chi connectivity index (χ0v) is 24.2. The fraction of sp³-hybridized carbons (Fsp3) is 0.212. The van der Waals surface area contributed by atoms with Crippen LogP contribution in [0.15, 0.2) is 91.4 Å². The molecule has 0 bridgehead atoms. The second kappa shape index (κ2) is 12.6. The molecule has 0 aliphatic carbocycles. The maximum absolute atomic E-state index is 13.2. The molecule has 0 aliphatic rings. The van der Waals surface area contributed by atoms with Crippen molar-refractivity contribution in [3.8, 4) is 33.6 Å². The van der Waals surface area contributed by atoms with Gasteiger partial charge in [-0.05, 0) is 51.6 Å². The van der Waals surface area contributed by atoms with Crippen molar-refractivity contribution in [2.24, 2.45) is 7.05 Å². The van der Waals surface area contributed by atoms with Crippen molar-refractivity contribution in [1.82, 2.24) is 45.3 Å². The Labute approximate surface area is 249 Å². The lowest BCUT2D eigenvalue weighted by Gasteiger charge is -2.14. The van der Waals surface area contributed by atoms with E-state index in [0.717, 1.165) is 64.0 Å². The number of carbonyl (C=O) groups excluding carboxylic acids is 1. The van der Waals surface area contributed by atoms with Gasteiger partial charge in [-0.25, -0.2) is 4.98 Å². The first kappa shape index (κ1) is 27.8. The van der Waals surface area contributed by atoms with Crippen LogP contribution in [0.4, 0.5) is 0 Å². The fourth-order valence-electron chi connectivity index (χ4n) is 5.18.